The minimum absolute atomic E-state index is 0.736. The van der Waals surface area contributed by atoms with Crippen LogP contribution in [0, 0.1) is 0 Å². The first kappa shape index (κ1) is 17.6. The molecule has 0 unspecified atom stereocenters. The molecule has 3 nitrogen and oxygen atoms in total. The van der Waals surface area contributed by atoms with E-state index < -0.39 is 0 Å². The van der Waals surface area contributed by atoms with E-state index in [1.165, 1.54) is 0 Å². The quantitative estimate of drug-likeness (QED) is 0.238. The Labute approximate surface area is 179 Å². The first-order valence-electron chi connectivity index (χ1n) is 10.3. The van der Waals surface area contributed by atoms with Crippen LogP contribution in [0.4, 0.5) is 11.4 Å². The van der Waals surface area contributed by atoms with Crippen molar-refractivity contribution in [3.05, 3.63) is 97.1 Å². The monoisotopic (exact) mass is 400 g/mol. The van der Waals surface area contributed by atoms with Gasteiger partial charge in [0.15, 0.2) is 0 Å². The summed E-state index contributed by atoms with van der Waals surface area (Å²) in [5, 5.41) is 8.22. The minimum atomic E-state index is 0.736. The lowest BCUT2D eigenvalue weighted by Crippen LogP contribution is -1.94. The molecule has 148 valence electrons. The number of ether oxygens (including phenoxy) is 1. The molecule has 0 heterocycles. The van der Waals surface area contributed by atoms with Crippen molar-refractivity contribution in [1.82, 2.24) is 0 Å². The van der Waals surface area contributed by atoms with Gasteiger partial charge >= 0.3 is 0 Å². The Bertz CT molecular complexity index is 1510. The van der Waals surface area contributed by atoms with Crippen LogP contribution in [0.3, 0.4) is 0 Å². The molecule has 4 N–H and O–H groups in total. The number of hydrogen-bond donors (Lipinski definition) is 2. The highest BCUT2D eigenvalue weighted by molar-refractivity contribution is 6.12. The zero-order chi connectivity index (χ0) is 20.9. The Hall–Kier alpha value is -4.24. The highest BCUT2D eigenvalue weighted by Crippen LogP contribution is 2.44. The van der Waals surface area contributed by atoms with E-state index in [1.807, 2.05) is 48.5 Å². The number of rotatable bonds is 2. The van der Waals surface area contributed by atoms with Gasteiger partial charge < -0.3 is 16.2 Å². The van der Waals surface area contributed by atoms with Crippen molar-refractivity contribution in [3.8, 4) is 11.5 Å². The zero-order valence-electron chi connectivity index (χ0n) is 16.8. The van der Waals surface area contributed by atoms with Gasteiger partial charge in [-0.05, 0) is 35.0 Å². The second-order valence-electron chi connectivity index (χ2n) is 7.84. The largest absolute Gasteiger partial charge is 0.455 e. The molecular weight excluding hydrogens is 380 g/mol. The lowest BCUT2D eigenvalue weighted by molar-refractivity contribution is 0.505. The number of nitrogens with two attached hydrogens (primary N) is 2. The van der Waals surface area contributed by atoms with Crippen LogP contribution in [0.5, 0.6) is 11.5 Å². The van der Waals surface area contributed by atoms with Gasteiger partial charge in [0.05, 0.1) is 0 Å². The molecule has 6 aromatic carbocycles. The normalized spacial score (nSPS) is 11.5. The van der Waals surface area contributed by atoms with E-state index in [0.29, 0.717) is 0 Å². The Balaban J connectivity index is 1.75. The standard InChI is InChI=1S/C28H20N2O/c29-25-13-5-11-21-23(25)15-17-7-1-3-9-19(17)27(21)31-28-20-10-4-2-8-18(20)16-24-22(28)12-6-14-26(24)30/h1-16H,29-30H2. The maximum atomic E-state index is 6.83. The van der Waals surface area contributed by atoms with Crippen LogP contribution in [-0.2, 0) is 0 Å². The Morgan fingerprint density at radius 1 is 0.419 bits per heavy atom. The molecular formula is C28H20N2O. The van der Waals surface area contributed by atoms with Crippen LogP contribution in [0.2, 0.25) is 0 Å². The van der Waals surface area contributed by atoms with Crippen molar-refractivity contribution >= 4 is 54.5 Å². The van der Waals surface area contributed by atoms with Crippen molar-refractivity contribution in [3.63, 3.8) is 0 Å². The second-order valence-corrected chi connectivity index (χ2v) is 7.84. The van der Waals surface area contributed by atoms with E-state index in [-0.39, 0.29) is 0 Å². The van der Waals surface area contributed by atoms with Crippen LogP contribution in [0.15, 0.2) is 97.1 Å². The van der Waals surface area contributed by atoms with Gasteiger partial charge in [0, 0.05) is 43.7 Å². The predicted octanol–water partition coefficient (Wildman–Crippen LogP) is 7.26. The van der Waals surface area contributed by atoms with Crippen LogP contribution < -0.4 is 16.2 Å². The highest BCUT2D eigenvalue weighted by Gasteiger charge is 2.16. The van der Waals surface area contributed by atoms with Crippen molar-refractivity contribution in [2.24, 2.45) is 0 Å². The summed E-state index contributed by atoms with van der Waals surface area (Å²) in [6, 6.07) is 32.7. The molecule has 0 aliphatic rings. The summed E-state index contributed by atoms with van der Waals surface area (Å²) in [7, 11) is 0. The molecule has 0 amide bonds. The summed E-state index contributed by atoms with van der Waals surface area (Å²) >= 11 is 0. The third-order valence-corrected chi connectivity index (χ3v) is 5.98. The average Bonchev–Trinajstić information content (AvgIpc) is 2.80. The van der Waals surface area contributed by atoms with Gasteiger partial charge in [0.2, 0.25) is 0 Å². The molecule has 0 radical (unpaired) electrons. The smallest absolute Gasteiger partial charge is 0.143 e. The summed E-state index contributed by atoms with van der Waals surface area (Å²) in [4.78, 5) is 0. The third-order valence-electron chi connectivity index (χ3n) is 5.98. The van der Waals surface area contributed by atoms with Gasteiger partial charge in [-0.1, -0.05) is 72.8 Å². The Morgan fingerprint density at radius 2 is 0.839 bits per heavy atom. The number of anilines is 2. The Morgan fingerprint density at radius 3 is 1.32 bits per heavy atom. The predicted molar refractivity (Wildman–Crippen MR) is 132 cm³/mol. The number of hydrogen-bond acceptors (Lipinski definition) is 3. The molecule has 6 aromatic rings. The van der Waals surface area contributed by atoms with E-state index in [9.17, 15) is 0 Å². The fourth-order valence-electron chi connectivity index (χ4n) is 4.47. The molecule has 0 atom stereocenters. The van der Waals surface area contributed by atoms with E-state index >= 15 is 0 Å². The van der Waals surface area contributed by atoms with Gasteiger partial charge in [-0.2, -0.15) is 0 Å². The minimum Gasteiger partial charge on any atom is -0.455 e. The van der Waals surface area contributed by atoms with Crippen molar-refractivity contribution in [1.29, 1.82) is 0 Å². The summed E-state index contributed by atoms with van der Waals surface area (Å²) in [6.07, 6.45) is 0. The van der Waals surface area contributed by atoms with Gasteiger partial charge in [-0.3, -0.25) is 0 Å². The van der Waals surface area contributed by atoms with Gasteiger partial charge in [-0.15, -0.1) is 0 Å². The first-order chi connectivity index (χ1) is 15.2. The van der Waals surface area contributed by atoms with E-state index in [1.54, 1.807) is 0 Å². The SMILES string of the molecule is Nc1cccc2c(Oc3c4ccccc4cc4c(N)cccc34)c3ccccc3cc12. The lowest BCUT2D eigenvalue weighted by atomic mass is 9.99. The van der Waals surface area contributed by atoms with Crippen LogP contribution in [0.25, 0.3) is 43.1 Å². The van der Waals surface area contributed by atoms with E-state index in [4.69, 9.17) is 16.2 Å². The lowest BCUT2D eigenvalue weighted by Gasteiger charge is -2.17. The maximum Gasteiger partial charge on any atom is 0.143 e. The van der Waals surface area contributed by atoms with Crippen LogP contribution in [0.1, 0.15) is 0 Å². The van der Waals surface area contributed by atoms with Crippen molar-refractivity contribution < 1.29 is 4.74 Å². The summed E-state index contributed by atoms with van der Waals surface area (Å²) in [6.45, 7) is 0. The van der Waals surface area contributed by atoms with Crippen molar-refractivity contribution in [2.75, 3.05) is 11.5 Å². The van der Waals surface area contributed by atoms with Crippen molar-refractivity contribution in [2.45, 2.75) is 0 Å². The number of benzene rings is 6. The van der Waals surface area contributed by atoms with Gasteiger partial charge in [0.25, 0.3) is 0 Å². The number of fused-ring (bicyclic) bond motifs is 4. The molecule has 0 aromatic heterocycles. The molecule has 0 fully saturated rings. The topological polar surface area (TPSA) is 61.3 Å². The highest BCUT2D eigenvalue weighted by atomic mass is 16.5. The maximum absolute atomic E-state index is 6.83. The number of nitrogen functional groups attached to an aromatic ring is 2. The van der Waals surface area contributed by atoms with E-state index in [2.05, 4.69) is 48.5 Å². The fraction of sp³-hybridized carbons (Fsp3) is 0. The molecule has 31 heavy (non-hydrogen) atoms. The molecule has 0 bridgehead atoms. The molecule has 0 saturated carbocycles. The molecule has 0 saturated heterocycles. The molecule has 6 rings (SSSR count). The summed E-state index contributed by atoms with van der Waals surface area (Å²) in [5.41, 5.74) is 14.1. The van der Waals surface area contributed by atoms with Crippen LogP contribution >= 0.6 is 0 Å². The average molecular weight is 400 g/mol. The Kier molecular flexibility index (Phi) is 3.77. The molecule has 0 aliphatic carbocycles. The van der Waals surface area contributed by atoms with Gasteiger partial charge in [0.1, 0.15) is 11.5 Å². The van der Waals surface area contributed by atoms with E-state index in [0.717, 1.165) is 66.0 Å². The molecule has 3 heteroatoms. The molecule has 0 aliphatic heterocycles. The fourth-order valence-corrected chi connectivity index (χ4v) is 4.47. The summed E-state index contributed by atoms with van der Waals surface area (Å²) in [5.74, 6) is 1.61. The second kappa shape index (κ2) is 6.64. The molecule has 0 spiro atoms. The first-order valence-corrected chi connectivity index (χ1v) is 10.3. The zero-order valence-corrected chi connectivity index (χ0v) is 16.8. The third kappa shape index (κ3) is 2.67. The summed E-state index contributed by atoms with van der Waals surface area (Å²) < 4.78 is 6.83. The van der Waals surface area contributed by atoms with Crippen LogP contribution in [-0.4, -0.2) is 0 Å². The van der Waals surface area contributed by atoms with Gasteiger partial charge in [-0.25, -0.2) is 0 Å².